The van der Waals surface area contributed by atoms with Crippen LogP contribution < -0.4 is 19.9 Å². The molecule has 0 spiro atoms. The van der Waals surface area contributed by atoms with Crippen molar-refractivity contribution in [3.05, 3.63) is 60.2 Å². The predicted molar refractivity (Wildman–Crippen MR) is 178 cm³/mol. The van der Waals surface area contributed by atoms with Crippen LogP contribution in [0.2, 0.25) is 0 Å². The van der Waals surface area contributed by atoms with Gasteiger partial charge in [-0.25, -0.2) is 9.97 Å². The van der Waals surface area contributed by atoms with Crippen molar-refractivity contribution in [2.24, 2.45) is 0 Å². The maximum absolute atomic E-state index is 13.8. The summed E-state index contributed by atoms with van der Waals surface area (Å²) in [7, 11) is 1.65. The molecule has 3 saturated heterocycles. The third kappa shape index (κ3) is 6.04. The highest BCUT2D eigenvalue weighted by Crippen LogP contribution is 2.32. The number of amides is 2. The molecule has 11 nitrogen and oxygen atoms in total. The molecule has 1 aromatic heterocycles. The summed E-state index contributed by atoms with van der Waals surface area (Å²) in [6.45, 7) is 8.08. The number of nitrogens with one attached hydrogen (secondary N) is 1. The molecule has 4 heterocycles. The van der Waals surface area contributed by atoms with Crippen molar-refractivity contribution in [2.75, 3.05) is 81.4 Å². The minimum Gasteiger partial charge on any atom is -0.497 e. The van der Waals surface area contributed by atoms with E-state index in [4.69, 9.17) is 24.2 Å². The van der Waals surface area contributed by atoms with Gasteiger partial charge in [0.2, 0.25) is 11.8 Å². The Bertz CT molecular complexity index is 1750. The van der Waals surface area contributed by atoms with Crippen LogP contribution in [0.15, 0.2) is 54.6 Å². The van der Waals surface area contributed by atoms with E-state index in [1.54, 1.807) is 12.0 Å². The van der Waals surface area contributed by atoms with Crippen molar-refractivity contribution in [1.29, 1.82) is 0 Å². The van der Waals surface area contributed by atoms with Crippen molar-refractivity contribution in [1.82, 2.24) is 14.9 Å². The first-order chi connectivity index (χ1) is 22.5. The topological polar surface area (TPSA) is 109 Å². The third-order valence-corrected chi connectivity index (χ3v) is 9.30. The number of methoxy groups -OCH3 is 1. The first-order valence-corrected chi connectivity index (χ1v) is 16.1. The van der Waals surface area contributed by atoms with Gasteiger partial charge in [-0.3, -0.25) is 9.59 Å². The molecule has 0 bridgehead atoms. The first kappa shape index (κ1) is 30.2. The maximum atomic E-state index is 13.8. The quantitative estimate of drug-likeness (QED) is 0.324. The van der Waals surface area contributed by atoms with Crippen molar-refractivity contribution in [3.63, 3.8) is 0 Å². The smallest absolute Gasteiger partial charge is 0.247 e. The molecule has 2 atom stereocenters. The minimum atomic E-state index is -0.533. The summed E-state index contributed by atoms with van der Waals surface area (Å²) in [6, 6.07) is 17.1. The van der Waals surface area contributed by atoms with Crippen molar-refractivity contribution in [2.45, 2.75) is 31.7 Å². The number of carbonyl (C=O) groups is 2. The summed E-state index contributed by atoms with van der Waals surface area (Å²) in [5.41, 5.74) is 3.03. The molecular weight excluding hydrogens is 584 g/mol. The van der Waals surface area contributed by atoms with Crippen LogP contribution in [0.1, 0.15) is 31.2 Å². The van der Waals surface area contributed by atoms with Gasteiger partial charge in [0.25, 0.3) is 0 Å². The molecule has 2 amide bonds. The van der Waals surface area contributed by atoms with Crippen LogP contribution in [-0.4, -0.2) is 99.0 Å². The van der Waals surface area contributed by atoms with Gasteiger partial charge >= 0.3 is 0 Å². The number of hydrogen-bond acceptors (Lipinski definition) is 9. The lowest BCUT2D eigenvalue weighted by molar-refractivity contribution is -0.137. The highest BCUT2D eigenvalue weighted by atomic mass is 16.5. The SMILES string of the molecule is COc1ccc2cc([C@@H](C)C(=O)N3CCC[C@H]3C(=O)Nc3ccc4nc(N5CCOCC5)c(N5CCOCC5)nc4c3)ccc2c1. The number of fused-ring (bicyclic) bond motifs is 2. The standard InChI is InChI=1S/C35H40N6O5/c1-23(24-5-6-26-21-28(44-2)9-7-25(26)20-24)35(43)41-11-3-4-31(41)34(42)36-27-8-10-29-30(22-27)38-33(40-14-18-46-19-15-40)32(37-29)39-12-16-45-17-13-39/h5-10,20-23,31H,3-4,11-19H2,1-2H3,(H,36,42)/t23-,31+/m1/s1. The Morgan fingerprint density at radius 2 is 1.48 bits per heavy atom. The summed E-state index contributed by atoms with van der Waals surface area (Å²) in [4.78, 5) is 43.7. The van der Waals surface area contributed by atoms with Crippen molar-refractivity contribution in [3.8, 4) is 5.75 Å². The number of rotatable bonds is 7. The Labute approximate surface area is 268 Å². The molecule has 240 valence electrons. The largest absolute Gasteiger partial charge is 0.497 e. The van der Waals surface area contributed by atoms with Gasteiger partial charge in [-0.15, -0.1) is 0 Å². The lowest BCUT2D eigenvalue weighted by atomic mass is 9.96. The van der Waals surface area contributed by atoms with Gasteiger partial charge in [0.1, 0.15) is 11.8 Å². The molecule has 0 unspecified atom stereocenters. The number of likely N-dealkylation sites (tertiary alicyclic amines) is 1. The molecule has 0 saturated carbocycles. The molecule has 3 fully saturated rings. The van der Waals surface area contributed by atoms with E-state index in [2.05, 4.69) is 15.1 Å². The highest BCUT2D eigenvalue weighted by Gasteiger charge is 2.36. The lowest BCUT2D eigenvalue weighted by Gasteiger charge is -2.34. The van der Waals surface area contributed by atoms with Crippen LogP contribution in [0.5, 0.6) is 5.75 Å². The molecule has 4 aromatic rings. The molecule has 3 aromatic carbocycles. The Hall–Kier alpha value is -4.48. The number of ether oxygens (including phenoxy) is 3. The first-order valence-electron chi connectivity index (χ1n) is 16.1. The van der Waals surface area contributed by atoms with Crippen LogP contribution >= 0.6 is 0 Å². The van der Waals surface area contributed by atoms with E-state index in [9.17, 15) is 9.59 Å². The molecule has 3 aliphatic rings. The average Bonchev–Trinajstić information content (AvgIpc) is 3.61. The number of nitrogens with zero attached hydrogens (tertiary/aromatic N) is 5. The van der Waals surface area contributed by atoms with E-state index in [0.29, 0.717) is 50.6 Å². The summed E-state index contributed by atoms with van der Waals surface area (Å²) in [6.07, 6.45) is 1.41. The number of benzene rings is 3. The normalized spacial score (nSPS) is 19.4. The van der Waals surface area contributed by atoms with E-state index >= 15 is 0 Å². The van der Waals surface area contributed by atoms with E-state index in [1.807, 2.05) is 61.5 Å². The third-order valence-electron chi connectivity index (χ3n) is 9.30. The number of carbonyl (C=O) groups excluding carboxylic acids is 2. The minimum absolute atomic E-state index is 0.0410. The Kier molecular flexibility index (Phi) is 8.59. The molecule has 46 heavy (non-hydrogen) atoms. The summed E-state index contributed by atoms with van der Waals surface area (Å²) in [5, 5.41) is 5.17. The van der Waals surface area contributed by atoms with Crippen LogP contribution in [0.25, 0.3) is 21.8 Å². The second-order valence-corrected chi connectivity index (χ2v) is 12.1. The molecule has 1 N–H and O–H groups in total. The Morgan fingerprint density at radius 1 is 0.826 bits per heavy atom. The van der Waals surface area contributed by atoms with Gasteiger partial charge in [0.15, 0.2) is 11.6 Å². The fraction of sp³-hybridized carbons (Fsp3) is 0.429. The van der Waals surface area contributed by atoms with E-state index in [0.717, 1.165) is 71.8 Å². The van der Waals surface area contributed by atoms with Gasteiger partial charge in [0, 0.05) is 38.4 Å². The van der Waals surface area contributed by atoms with E-state index in [1.165, 1.54) is 0 Å². The zero-order valence-electron chi connectivity index (χ0n) is 26.4. The average molecular weight is 625 g/mol. The predicted octanol–water partition coefficient (Wildman–Crippen LogP) is 4.20. The molecule has 7 rings (SSSR count). The van der Waals surface area contributed by atoms with E-state index < -0.39 is 6.04 Å². The highest BCUT2D eigenvalue weighted by molar-refractivity contribution is 6.00. The zero-order valence-corrected chi connectivity index (χ0v) is 26.4. The van der Waals surface area contributed by atoms with Crippen LogP contribution in [0, 0.1) is 0 Å². The Morgan fingerprint density at radius 3 is 2.17 bits per heavy atom. The molecular formula is C35H40N6O5. The van der Waals surface area contributed by atoms with Crippen LogP contribution in [0.4, 0.5) is 17.3 Å². The van der Waals surface area contributed by atoms with Gasteiger partial charge in [-0.05, 0) is 66.4 Å². The number of hydrogen-bond donors (Lipinski definition) is 1. The molecule has 11 heteroatoms. The number of morpholine rings is 2. The summed E-state index contributed by atoms with van der Waals surface area (Å²) in [5.74, 6) is 1.87. The van der Waals surface area contributed by atoms with Crippen molar-refractivity contribution < 1.29 is 23.8 Å². The van der Waals surface area contributed by atoms with Crippen LogP contribution in [0.3, 0.4) is 0 Å². The van der Waals surface area contributed by atoms with Crippen molar-refractivity contribution >= 4 is 50.9 Å². The molecule has 0 radical (unpaired) electrons. The number of aromatic nitrogens is 2. The fourth-order valence-corrected chi connectivity index (χ4v) is 6.65. The van der Waals surface area contributed by atoms with Gasteiger partial charge < -0.3 is 34.2 Å². The zero-order chi connectivity index (χ0) is 31.6. The monoisotopic (exact) mass is 624 g/mol. The second kappa shape index (κ2) is 13.1. The fourth-order valence-electron chi connectivity index (χ4n) is 6.65. The molecule has 0 aliphatic carbocycles. The lowest BCUT2D eigenvalue weighted by Crippen LogP contribution is -2.44. The summed E-state index contributed by atoms with van der Waals surface area (Å²) < 4.78 is 16.5. The number of anilines is 3. The maximum Gasteiger partial charge on any atom is 0.247 e. The van der Waals surface area contributed by atoms with Crippen LogP contribution in [-0.2, 0) is 19.1 Å². The van der Waals surface area contributed by atoms with E-state index in [-0.39, 0.29) is 17.7 Å². The molecule has 3 aliphatic heterocycles. The summed E-state index contributed by atoms with van der Waals surface area (Å²) >= 11 is 0. The van der Waals surface area contributed by atoms with Gasteiger partial charge in [-0.2, -0.15) is 0 Å². The van der Waals surface area contributed by atoms with Gasteiger partial charge in [0.05, 0.1) is 50.5 Å². The van der Waals surface area contributed by atoms with Gasteiger partial charge in [-0.1, -0.05) is 24.3 Å². The second-order valence-electron chi connectivity index (χ2n) is 12.1. The Balaban J connectivity index is 1.09.